The third-order valence-corrected chi connectivity index (χ3v) is 4.06. The van der Waals surface area contributed by atoms with E-state index in [4.69, 9.17) is 15.2 Å². The summed E-state index contributed by atoms with van der Waals surface area (Å²) in [6.45, 7) is 6.31. The predicted octanol–water partition coefficient (Wildman–Crippen LogP) is 2.04. The number of primary amides is 1. The summed E-state index contributed by atoms with van der Waals surface area (Å²) in [5, 5.41) is 6.51. The van der Waals surface area contributed by atoms with Gasteiger partial charge in [-0.15, -0.1) is 24.0 Å². The van der Waals surface area contributed by atoms with Crippen LogP contribution >= 0.6 is 24.0 Å². The molecule has 4 N–H and O–H groups in total. The van der Waals surface area contributed by atoms with Gasteiger partial charge < -0.3 is 25.8 Å². The van der Waals surface area contributed by atoms with Gasteiger partial charge in [0, 0.05) is 31.9 Å². The van der Waals surface area contributed by atoms with Crippen LogP contribution in [0, 0.1) is 0 Å². The molecule has 0 spiro atoms. The average Bonchev–Trinajstić information content (AvgIpc) is 3.16. The number of aliphatic imine (C=N–C) groups is 1. The second kappa shape index (κ2) is 13.7. The van der Waals surface area contributed by atoms with Crippen molar-refractivity contribution in [3.63, 3.8) is 0 Å². The summed E-state index contributed by atoms with van der Waals surface area (Å²) in [6.07, 6.45) is 3.42. The van der Waals surface area contributed by atoms with Crippen LogP contribution in [0.2, 0.25) is 0 Å². The molecule has 2 rings (SSSR count). The van der Waals surface area contributed by atoms with Gasteiger partial charge in [-0.05, 0) is 43.9 Å². The van der Waals surface area contributed by atoms with Crippen molar-refractivity contribution >= 4 is 35.8 Å². The normalized spacial score (nSPS) is 16.6. The standard InChI is InChI=1S/C19H30N4O3.HI/c1-2-21-19(22-9-5-10-25-14-17-8-4-11-26-17)23-13-15-6-3-7-16(12-15)18(20)24;/h3,6-7,12,17H,2,4-5,8-11,13-14H2,1H3,(H2,20,24)(H2,21,22,23);1H. The molecule has 27 heavy (non-hydrogen) atoms. The fraction of sp³-hybridized carbons (Fsp3) is 0.579. The second-order valence-corrected chi connectivity index (χ2v) is 6.25. The molecular formula is C19H31IN4O3. The van der Waals surface area contributed by atoms with Gasteiger partial charge >= 0.3 is 0 Å². The van der Waals surface area contributed by atoms with Crippen LogP contribution in [0.15, 0.2) is 29.3 Å². The highest BCUT2D eigenvalue weighted by molar-refractivity contribution is 14.0. The number of nitrogens with zero attached hydrogens (tertiary/aromatic N) is 1. The predicted molar refractivity (Wildman–Crippen MR) is 118 cm³/mol. The minimum atomic E-state index is -0.427. The Kier molecular flexibility index (Phi) is 12.0. The average molecular weight is 490 g/mol. The Hall–Kier alpha value is -1.39. The van der Waals surface area contributed by atoms with Crippen molar-refractivity contribution in [1.82, 2.24) is 10.6 Å². The zero-order valence-corrected chi connectivity index (χ0v) is 18.2. The van der Waals surface area contributed by atoms with Crippen LogP contribution in [-0.4, -0.2) is 50.9 Å². The Morgan fingerprint density at radius 2 is 2.26 bits per heavy atom. The zero-order chi connectivity index (χ0) is 18.6. The van der Waals surface area contributed by atoms with E-state index in [2.05, 4.69) is 15.6 Å². The van der Waals surface area contributed by atoms with Gasteiger partial charge in [-0.25, -0.2) is 4.99 Å². The van der Waals surface area contributed by atoms with Gasteiger partial charge in [0.05, 0.1) is 19.3 Å². The Labute approximate surface area is 178 Å². The number of nitrogens with two attached hydrogens (primary N) is 1. The summed E-state index contributed by atoms with van der Waals surface area (Å²) in [4.78, 5) is 15.8. The number of halogens is 1. The van der Waals surface area contributed by atoms with Crippen LogP contribution in [0.1, 0.15) is 42.1 Å². The Morgan fingerprint density at radius 3 is 2.96 bits per heavy atom. The van der Waals surface area contributed by atoms with Crippen LogP contribution in [0.5, 0.6) is 0 Å². The molecular weight excluding hydrogens is 459 g/mol. The number of nitrogens with one attached hydrogen (secondary N) is 2. The summed E-state index contributed by atoms with van der Waals surface area (Å²) in [5.41, 5.74) is 6.75. The first-order chi connectivity index (χ1) is 12.7. The molecule has 8 heteroatoms. The lowest BCUT2D eigenvalue weighted by Gasteiger charge is -2.12. The molecule has 0 radical (unpaired) electrons. The molecule has 1 atom stereocenters. The molecule has 1 saturated heterocycles. The van der Waals surface area contributed by atoms with Crippen LogP contribution in [-0.2, 0) is 16.0 Å². The lowest BCUT2D eigenvalue weighted by Crippen LogP contribution is -2.38. The number of carbonyl (C=O) groups is 1. The fourth-order valence-electron chi connectivity index (χ4n) is 2.71. The minimum absolute atomic E-state index is 0. The van der Waals surface area contributed by atoms with Crippen molar-refractivity contribution in [2.45, 2.75) is 38.8 Å². The van der Waals surface area contributed by atoms with Gasteiger partial charge in [0.1, 0.15) is 0 Å². The van der Waals surface area contributed by atoms with Gasteiger partial charge in [0.15, 0.2) is 5.96 Å². The molecule has 0 bridgehead atoms. The van der Waals surface area contributed by atoms with E-state index in [0.717, 1.165) is 50.5 Å². The van der Waals surface area contributed by atoms with Crippen molar-refractivity contribution in [2.75, 3.05) is 32.9 Å². The van der Waals surface area contributed by atoms with Gasteiger partial charge in [-0.2, -0.15) is 0 Å². The van der Waals surface area contributed by atoms with E-state index in [-0.39, 0.29) is 30.1 Å². The highest BCUT2D eigenvalue weighted by Gasteiger charge is 2.14. The lowest BCUT2D eigenvalue weighted by atomic mass is 10.1. The maximum Gasteiger partial charge on any atom is 0.248 e. The molecule has 7 nitrogen and oxygen atoms in total. The molecule has 1 heterocycles. The number of hydrogen-bond acceptors (Lipinski definition) is 4. The van der Waals surface area contributed by atoms with Gasteiger partial charge in [-0.3, -0.25) is 4.79 Å². The first kappa shape index (κ1) is 23.6. The monoisotopic (exact) mass is 490 g/mol. The molecule has 0 aliphatic carbocycles. The molecule has 0 saturated carbocycles. The molecule has 1 aromatic carbocycles. The topological polar surface area (TPSA) is 98.0 Å². The van der Waals surface area contributed by atoms with E-state index in [9.17, 15) is 4.79 Å². The van der Waals surface area contributed by atoms with Crippen molar-refractivity contribution in [3.05, 3.63) is 35.4 Å². The quantitative estimate of drug-likeness (QED) is 0.202. The van der Waals surface area contributed by atoms with Crippen LogP contribution in [0.3, 0.4) is 0 Å². The largest absolute Gasteiger partial charge is 0.379 e. The zero-order valence-electron chi connectivity index (χ0n) is 15.9. The van der Waals surface area contributed by atoms with Gasteiger partial charge in [0.2, 0.25) is 5.91 Å². The molecule has 1 unspecified atom stereocenters. The maximum atomic E-state index is 11.2. The van der Waals surface area contributed by atoms with Crippen molar-refractivity contribution < 1.29 is 14.3 Å². The third-order valence-electron chi connectivity index (χ3n) is 4.06. The van der Waals surface area contributed by atoms with Crippen molar-refractivity contribution in [1.29, 1.82) is 0 Å². The molecule has 1 aromatic rings. The first-order valence-electron chi connectivity index (χ1n) is 9.29. The molecule has 1 amide bonds. The maximum absolute atomic E-state index is 11.2. The summed E-state index contributed by atoms with van der Waals surface area (Å²) in [5.74, 6) is 0.319. The Morgan fingerprint density at radius 1 is 1.41 bits per heavy atom. The van der Waals surface area contributed by atoms with Crippen LogP contribution < -0.4 is 16.4 Å². The molecule has 152 valence electrons. The van der Waals surface area contributed by atoms with Crippen LogP contribution in [0.4, 0.5) is 0 Å². The second-order valence-electron chi connectivity index (χ2n) is 6.25. The van der Waals surface area contributed by atoms with E-state index in [1.54, 1.807) is 12.1 Å². The van der Waals surface area contributed by atoms with E-state index < -0.39 is 5.91 Å². The van der Waals surface area contributed by atoms with Crippen LogP contribution in [0.25, 0.3) is 0 Å². The van der Waals surface area contributed by atoms with Crippen molar-refractivity contribution in [3.8, 4) is 0 Å². The van der Waals surface area contributed by atoms with Crippen molar-refractivity contribution in [2.24, 2.45) is 10.7 Å². The number of carbonyl (C=O) groups excluding carboxylic acids is 1. The molecule has 0 aromatic heterocycles. The number of guanidine groups is 1. The lowest BCUT2D eigenvalue weighted by molar-refractivity contribution is 0.0168. The number of benzene rings is 1. The third kappa shape index (κ3) is 9.39. The molecule has 1 aliphatic heterocycles. The number of hydrogen-bond donors (Lipinski definition) is 3. The molecule has 1 aliphatic rings. The highest BCUT2D eigenvalue weighted by atomic mass is 127. The summed E-state index contributed by atoms with van der Waals surface area (Å²) >= 11 is 0. The summed E-state index contributed by atoms with van der Waals surface area (Å²) < 4.78 is 11.2. The van der Waals surface area contributed by atoms with E-state index >= 15 is 0 Å². The number of ether oxygens (including phenoxy) is 2. The Balaban J connectivity index is 0.00000364. The van der Waals surface area contributed by atoms with E-state index in [1.165, 1.54) is 0 Å². The SMILES string of the molecule is CCNC(=NCc1cccc(C(N)=O)c1)NCCCOCC1CCCO1.I. The number of amides is 1. The first-order valence-corrected chi connectivity index (χ1v) is 9.29. The minimum Gasteiger partial charge on any atom is -0.379 e. The smallest absolute Gasteiger partial charge is 0.248 e. The Bertz CT molecular complexity index is 592. The summed E-state index contributed by atoms with van der Waals surface area (Å²) in [6, 6.07) is 7.22. The highest BCUT2D eigenvalue weighted by Crippen LogP contribution is 2.11. The molecule has 1 fully saturated rings. The van der Waals surface area contributed by atoms with Gasteiger partial charge in [0.25, 0.3) is 0 Å². The number of rotatable bonds is 10. The fourth-order valence-corrected chi connectivity index (χ4v) is 2.71. The van der Waals surface area contributed by atoms with E-state index in [0.29, 0.717) is 25.3 Å². The van der Waals surface area contributed by atoms with Gasteiger partial charge in [-0.1, -0.05) is 12.1 Å². The van der Waals surface area contributed by atoms with E-state index in [1.807, 2.05) is 19.1 Å². The summed E-state index contributed by atoms with van der Waals surface area (Å²) in [7, 11) is 0.